The number of amides is 1. The molecule has 2 aromatic carbocycles. The lowest BCUT2D eigenvalue weighted by molar-refractivity contribution is -0.118. The molecular formula is C22H22N4O2S. The van der Waals surface area contributed by atoms with Gasteiger partial charge in [-0.1, -0.05) is 24.6 Å². The fourth-order valence-corrected chi connectivity index (χ4v) is 3.74. The van der Waals surface area contributed by atoms with Gasteiger partial charge in [0.1, 0.15) is 5.75 Å². The van der Waals surface area contributed by atoms with Crippen LogP contribution in [0.25, 0.3) is 11.3 Å². The molecule has 0 radical (unpaired) electrons. The molecule has 1 amide bonds. The molecular weight excluding hydrogens is 384 g/mol. The second kappa shape index (κ2) is 8.05. The molecule has 4 rings (SSSR count). The molecule has 29 heavy (non-hydrogen) atoms. The summed E-state index contributed by atoms with van der Waals surface area (Å²) in [5.74, 6) is 0.524. The predicted octanol–water partition coefficient (Wildman–Crippen LogP) is 4.72. The Morgan fingerprint density at radius 2 is 2.03 bits per heavy atom. The van der Waals surface area contributed by atoms with E-state index in [9.17, 15) is 4.79 Å². The van der Waals surface area contributed by atoms with Gasteiger partial charge in [-0.3, -0.25) is 4.79 Å². The summed E-state index contributed by atoms with van der Waals surface area (Å²) >= 11 is 1.53. The standard InChI is InChI=1S/C22H22N4O2S/c1-4-15(3)25-26-19(13-29-22(26)23-17-8-5-14(2)6-9-17)16-7-10-20-18(11-16)24-21(27)12-28-20/h5-11,13H,4,12H2,1-3H3,(H,24,27). The van der Waals surface area contributed by atoms with Crippen LogP contribution in [0, 0.1) is 6.92 Å². The van der Waals surface area contributed by atoms with Crippen molar-refractivity contribution in [3.05, 3.63) is 58.2 Å². The number of benzene rings is 2. The number of anilines is 1. The zero-order valence-electron chi connectivity index (χ0n) is 16.6. The Kier molecular flexibility index (Phi) is 5.31. The van der Waals surface area contributed by atoms with E-state index < -0.39 is 0 Å². The molecule has 0 unspecified atom stereocenters. The van der Waals surface area contributed by atoms with Crippen molar-refractivity contribution in [3.63, 3.8) is 0 Å². The summed E-state index contributed by atoms with van der Waals surface area (Å²) in [5, 5.41) is 9.68. The Balaban J connectivity index is 1.84. The fraction of sp³-hybridized carbons (Fsp3) is 0.227. The van der Waals surface area contributed by atoms with Crippen molar-refractivity contribution in [2.75, 3.05) is 11.9 Å². The largest absolute Gasteiger partial charge is 0.482 e. The first-order chi connectivity index (χ1) is 14.0. The van der Waals surface area contributed by atoms with Crippen LogP contribution in [0.15, 0.2) is 57.9 Å². The van der Waals surface area contributed by atoms with E-state index >= 15 is 0 Å². The van der Waals surface area contributed by atoms with Gasteiger partial charge in [0.2, 0.25) is 4.80 Å². The lowest BCUT2D eigenvalue weighted by Gasteiger charge is -2.18. The number of hydrogen-bond acceptors (Lipinski definition) is 5. The summed E-state index contributed by atoms with van der Waals surface area (Å²) in [6, 6.07) is 13.9. The lowest BCUT2D eigenvalue weighted by Crippen LogP contribution is -2.25. The monoisotopic (exact) mass is 406 g/mol. The minimum Gasteiger partial charge on any atom is -0.482 e. The molecule has 6 nitrogen and oxygen atoms in total. The number of aryl methyl sites for hydroxylation is 1. The zero-order valence-corrected chi connectivity index (χ0v) is 17.4. The van der Waals surface area contributed by atoms with Crippen LogP contribution in [-0.4, -0.2) is 22.9 Å². The highest BCUT2D eigenvalue weighted by Crippen LogP contribution is 2.33. The maximum absolute atomic E-state index is 11.7. The van der Waals surface area contributed by atoms with Gasteiger partial charge in [0.05, 0.1) is 17.1 Å². The van der Waals surface area contributed by atoms with Crippen LogP contribution >= 0.6 is 11.3 Å². The van der Waals surface area contributed by atoms with Crippen molar-refractivity contribution in [2.45, 2.75) is 27.2 Å². The summed E-state index contributed by atoms with van der Waals surface area (Å²) in [7, 11) is 0. The van der Waals surface area contributed by atoms with Crippen LogP contribution in [-0.2, 0) is 4.79 Å². The second-order valence-electron chi connectivity index (χ2n) is 6.90. The van der Waals surface area contributed by atoms with E-state index in [0.29, 0.717) is 11.4 Å². The minimum atomic E-state index is -0.150. The molecule has 0 bridgehead atoms. The number of fused-ring (bicyclic) bond motifs is 1. The first-order valence-corrected chi connectivity index (χ1v) is 10.3. The number of carbonyl (C=O) groups is 1. The number of hydrogen-bond donors (Lipinski definition) is 1. The molecule has 1 N–H and O–H groups in total. The maximum atomic E-state index is 11.7. The average Bonchev–Trinajstić information content (AvgIpc) is 3.11. The Labute approximate surface area is 173 Å². The van der Waals surface area contributed by atoms with Gasteiger partial charge in [0, 0.05) is 16.7 Å². The van der Waals surface area contributed by atoms with Crippen LogP contribution in [0.3, 0.4) is 0 Å². The van der Waals surface area contributed by atoms with Crippen LogP contribution < -0.4 is 14.9 Å². The van der Waals surface area contributed by atoms with E-state index in [2.05, 4.69) is 19.2 Å². The summed E-state index contributed by atoms with van der Waals surface area (Å²) in [5.41, 5.74) is 5.60. The molecule has 2 heterocycles. The molecule has 3 aromatic rings. The molecule has 0 aliphatic carbocycles. The quantitative estimate of drug-likeness (QED) is 0.637. The van der Waals surface area contributed by atoms with Crippen molar-refractivity contribution in [3.8, 4) is 17.0 Å². The zero-order chi connectivity index (χ0) is 20.4. The Morgan fingerprint density at radius 3 is 2.79 bits per heavy atom. The highest BCUT2D eigenvalue weighted by molar-refractivity contribution is 7.07. The van der Waals surface area contributed by atoms with Crippen molar-refractivity contribution in [2.24, 2.45) is 10.1 Å². The Hall–Kier alpha value is -3.19. The second-order valence-corrected chi connectivity index (χ2v) is 7.74. The SMILES string of the molecule is CCC(C)=Nn1c(-c2ccc3c(c2)NC(=O)CO3)csc1=Nc1ccc(C)cc1. The summed E-state index contributed by atoms with van der Waals surface area (Å²) < 4.78 is 7.34. The van der Waals surface area contributed by atoms with E-state index in [-0.39, 0.29) is 12.5 Å². The maximum Gasteiger partial charge on any atom is 0.262 e. The first kappa shape index (κ1) is 19.1. The van der Waals surface area contributed by atoms with E-state index in [0.717, 1.165) is 33.9 Å². The number of ether oxygens (including phenoxy) is 1. The molecule has 0 saturated heterocycles. The Bertz CT molecular complexity index is 1160. The Morgan fingerprint density at radius 1 is 1.24 bits per heavy atom. The van der Waals surface area contributed by atoms with Gasteiger partial charge >= 0.3 is 0 Å². The van der Waals surface area contributed by atoms with Crippen LogP contribution in [0.1, 0.15) is 25.8 Å². The van der Waals surface area contributed by atoms with Crippen molar-refractivity contribution >= 4 is 34.3 Å². The van der Waals surface area contributed by atoms with Crippen LogP contribution in [0.2, 0.25) is 0 Å². The molecule has 7 heteroatoms. The number of carbonyl (C=O) groups excluding carboxylic acids is 1. The molecule has 148 valence electrons. The number of nitrogens with one attached hydrogen (secondary N) is 1. The van der Waals surface area contributed by atoms with Gasteiger partial charge in [-0.2, -0.15) is 5.10 Å². The van der Waals surface area contributed by atoms with Crippen molar-refractivity contribution in [1.29, 1.82) is 0 Å². The van der Waals surface area contributed by atoms with Gasteiger partial charge < -0.3 is 10.1 Å². The number of thiazole rings is 1. The smallest absolute Gasteiger partial charge is 0.262 e. The third kappa shape index (κ3) is 4.14. The van der Waals surface area contributed by atoms with Gasteiger partial charge in [0.25, 0.3) is 5.91 Å². The van der Waals surface area contributed by atoms with Gasteiger partial charge in [-0.05, 0) is 50.6 Å². The van der Waals surface area contributed by atoms with E-state index in [1.165, 1.54) is 16.9 Å². The minimum absolute atomic E-state index is 0.0460. The normalized spacial score (nSPS) is 14.4. The third-order valence-corrected chi connectivity index (χ3v) is 5.45. The molecule has 0 fully saturated rings. The summed E-state index contributed by atoms with van der Waals surface area (Å²) in [6.07, 6.45) is 0.848. The van der Waals surface area contributed by atoms with E-state index in [1.807, 2.05) is 59.4 Å². The topological polar surface area (TPSA) is 68.0 Å². The van der Waals surface area contributed by atoms with Crippen molar-refractivity contribution in [1.82, 2.24) is 4.68 Å². The van der Waals surface area contributed by atoms with Crippen molar-refractivity contribution < 1.29 is 9.53 Å². The number of nitrogens with zero attached hydrogens (tertiary/aromatic N) is 3. The average molecular weight is 407 g/mol. The number of rotatable bonds is 4. The molecule has 1 aromatic heterocycles. The molecule has 1 aliphatic heterocycles. The van der Waals surface area contributed by atoms with Gasteiger partial charge in [0.15, 0.2) is 6.61 Å². The van der Waals surface area contributed by atoms with E-state index in [1.54, 1.807) is 0 Å². The third-order valence-electron chi connectivity index (χ3n) is 4.63. The molecule has 1 aliphatic rings. The summed E-state index contributed by atoms with van der Waals surface area (Å²) in [4.78, 5) is 17.3. The summed E-state index contributed by atoms with van der Waals surface area (Å²) in [6.45, 7) is 6.18. The fourth-order valence-electron chi connectivity index (χ4n) is 2.89. The number of aromatic nitrogens is 1. The van der Waals surface area contributed by atoms with Crippen LogP contribution in [0.5, 0.6) is 5.75 Å². The highest BCUT2D eigenvalue weighted by Gasteiger charge is 2.18. The highest BCUT2D eigenvalue weighted by atomic mass is 32.1. The van der Waals surface area contributed by atoms with Gasteiger partial charge in [-0.25, -0.2) is 9.67 Å². The first-order valence-electron chi connectivity index (χ1n) is 9.47. The molecule has 0 saturated carbocycles. The van der Waals surface area contributed by atoms with Crippen LogP contribution in [0.4, 0.5) is 11.4 Å². The van der Waals surface area contributed by atoms with Gasteiger partial charge in [-0.15, -0.1) is 11.3 Å². The predicted molar refractivity (Wildman–Crippen MR) is 117 cm³/mol. The lowest BCUT2D eigenvalue weighted by atomic mass is 10.1. The molecule has 0 atom stereocenters. The molecule has 0 spiro atoms. The van der Waals surface area contributed by atoms with E-state index in [4.69, 9.17) is 14.8 Å².